The van der Waals surface area contributed by atoms with E-state index in [9.17, 15) is 0 Å². The Morgan fingerprint density at radius 1 is 1.08 bits per heavy atom. The Bertz CT molecular complexity index is 168. The fourth-order valence-electron chi connectivity index (χ4n) is 3.00. The fourth-order valence-corrected chi connectivity index (χ4v) is 3.00. The summed E-state index contributed by atoms with van der Waals surface area (Å²) in [5.41, 5.74) is 0.501. The van der Waals surface area contributed by atoms with Crippen molar-refractivity contribution in [2.75, 3.05) is 0 Å². The van der Waals surface area contributed by atoms with E-state index in [2.05, 4.69) is 20.8 Å². The molecule has 2 aliphatic rings. The SMILES string of the molecule is CC(C)(C)CC1CC2CCC(C1)O2. The third kappa shape index (κ3) is 2.46. The second kappa shape index (κ2) is 3.27. The molecular formula is C12H22O. The van der Waals surface area contributed by atoms with Crippen LogP contribution in [0, 0.1) is 11.3 Å². The van der Waals surface area contributed by atoms with Crippen LogP contribution < -0.4 is 0 Å². The summed E-state index contributed by atoms with van der Waals surface area (Å²) in [6.45, 7) is 7.05. The fraction of sp³-hybridized carbons (Fsp3) is 1.00. The molecule has 13 heavy (non-hydrogen) atoms. The first-order valence-electron chi connectivity index (χ1n) is 5.68. The predicted octanol–water partition coefficient (Wildman–Crippen LogP) is 3.38. The van der Waals surface area contributed by atoms with Crippen molar-refractivity contribution in [3.8, 4) is 0 Å². The maximum atomic E-state index is 5.84. The standard InChI is InChI=1S/C12H22O/c1-12(2,3)8-9-6-10-4-5-11(7-9)13-10/h9-11H,4-8H2,1-3H3. The molecule has 0 saturated carbocycles. The number of hydrogen-bond donors (Lipinski definition) is 0. The Kier molecular flexibility index (Phi) is 2.39. The minimum atomic E-state index is 0.501. The molecule has 0 spiro atoms. The van der Waals surface area contributed by atoms with Gasteiger partial charge >= 0.3 is 0 Å². The molecule has 2 heterocycles. The second-order valence-electron chi connectivity index (χ2n) is 6.06. The lowest BCUT2D eigenvalue weighted by Gasteiger charge is -2.32. The van der Waals surface area contributed by atoms with Crippen LogP contribution in [-0.2, 0) is 4.74 Å². The Labute approximate surface area is 81.9 Å². The van der Waals surface area contributed by atoms with Crippen LogP contribution in [-0.4, -0.2) is 12.2 Å². The minimum absolute atomic E-state index is 0.501. The van der Waals surface area contributed by atoms with Crippen LogP contribution in [0.25, 0.3) is 0 Å². The van der Waals surface area contributed by atoms with E-state index in [0.717, 1.165) is 5.92 Å². The van der Waals surface area contributed by atoms with E-state index < -0.39 is 0 Å². The first kappa shape index (κ1) is 9.51. The molecule has 0 radical (unpaired) electrons. The summed E-state index contributed by atoms with van der Waals surface area (Å²) in [5, 5.41) is 0. The van der Waals surface area contributed by atoms with Crippen molar-refractivity contribution < 1.29 is 4.74 Å². The van der Waals surface area contributed by atoms with Gasteiger partial charge in [-0.2, -0.15) is 0 Å². The van der Waals surface area contributed by atoms with Gasteiger partial charge in [-0.1, -0.05) is 20.8 Å². The Hall–Kier alpha value is -0.0400. The van der Waals surface area contributed by atoms with Crippen molar-refractivity contribution >= 4 is 0 Å². The summed E-state index contributed by atoms with van der Waals surface area (Å²) in [4.78, 5) is 0. The molecule has 76 valence electrons. The maximum absolute atomic E-state index is 5.84. The third-order valence-electron chi connectivity index (χ3n) is 3.29. The van der Waals surface area contributed by atoms with E-state index in [1.54, 1.807) is 0 Å². The van der Waals surface area contributed by atoms with Crippen LogP contribution in [0.2, 0.25) is 0 Å². The lowest BCUT2D eigenvalue weighted by molar-refractivity contribution is -0.0269. The largest absolute Gasteiger partial charge is 0.375 e. The van der Waals surface area contributed by atoms with Crippen molar-refractivity contribution in [3.63, 3.8) is 0 Å². The molecule has 2 aliphatic heterocycles. The zero-order chi connectivity index (χ0) is 9.47. The molecule has 2 fully saturated rings. The molecular weight excluding hydrogens is 160 g/mol. The van der Waals surface area contributed by atoms with Gasteiger partial charge in [-0.15, -0.1) is 0 Å². The maximum Gasteiger partial charge on any atom is 0.0582 e. The normalized spacial score (nSPS) is 39.5. The average molecular weight is 182 g/mol. The van der Waals surface area contributed by atoms with Crippen LogP contribution >= 0.6 is 0 Å². The summed E-state index contributed by atoms with van der Waals surface area (Å²) >= 11 is 0. The highest BCUT2D eigenvalue weighted by atomic mass is 16.5. The third-order valence-corrected chi connectivity index (χ3v) is 3.29. The summed E-state index contributed by atoms with van der Waals surface area (Å²) in [6, 6.07) is 0. The van der Waals surface area contributed by atoms with Gasteiger partial charge in [0.2, 0.25) is 0 Å². The van der Waals surface area contributed by atoms with Gasteiger partial charge in [-0.25, -0.2) is 0 Å². The first-order valence-corrected chi connectivity index (χ1v) is 5.68. The van der Waals surface area contributed by atoms with Crippen LogP contribution in [0.1, 0.15) is 52.9 Å². The van der Waals surface area contributed by atoms with Gasteiger partial charge in [0.15, 0.2) is 0 Å². The number of rotatable bonds is 1. The Morgan fingerprint density at radius 3 is 2.08 bits per heavy atom. The lowest BCUT2D eigenvalue weighted by Crippen LogP contribution is -2.27. The second-order valence-corrected chi connectivity index (χ2v) is 6.06. The molecule has 2 bridgehead atoms. The van der Waals surface area contributed by atoms with Crippen molar-refractivity contribution in [1.29, 1.82) is 0 Å². The predicted molar refractivity (Wildman–Crippen MR) is 54.7 cm³/mol. The van der Waals surface area contributed by atoms with Gasteiger partial charge < -0.3 is 4.74 Å². The van der Waals surface area contributed by atoms with Crippen LogP contribution in [0.3, 0.4) is 0 Å². The lowest BCUT2D eigenvalue weighted by atomic mass is 9.80. The van der Waals surface area contributed by atoms with E-state index >= 15 is 0 Å². The van der Waals surface area contributed by atoms with Gasteiger partial charge in [0.05, 0.1) is 12.2 Å². The summed E-state index contributed by atoms with van der Waals surface area (Å²) < 4.78 is 5.84. The smallest absolute Gasteiger partial charge is 0.0582 e. The van der Waals surface area contributed by atoms with Gasteiger partial charge in [-0.05, 0) is 43.4 Å². The summed E-state index contributed by atoms with van der Waals surface area (Å²) in [7, 11) is 0. The zero-order valence-corrected chi connectivity index (χ0v) is 9.18. The molecule has 0 amide bonds. The van der Waals surface area contributed by atoms with Gasteiger partial charge in [-0.3, -0.25) is 0 Å². The van der Waals surface area contributed by atoms with Gasteiger partial charge in [0.1, 0.15) is 0 Å². The highest BCUT2D eigenvalue weighted by molar-refractivity contribution is 4.86. The van der Waals surface area contributed by atoms with Crippen molar-refractivity contribution in [2.45, 2.75) is 65.1 Å². The molecule has 0 aromatic heterocycles. The van der Waals surface area contributed by atoms with Gasteiger partial charge in [0.25, 0.3) is 0 Å². The monoisotopic (exact) mass is 182 g/mol. The van der Waals surface area contributed by atoms with Gasteiger partial charge in [0, 0.05) is 0 Å². The number of hydrogen-bond acceptors (Lipinski definition) is 1. The van der Waals surface area contributed by atoms with Crippen molar-refractivity contribution in [2.24, 2.45) is 11.3 Å². The van der Waals surface area contributed by atoms with Crippen LogP contribution in [0.4, 0.5) is 0 Å². The molecule has 2 saturated heterocycles. The first-order chi connectivity index (χ1) is 6.03. The molecule has 1 heteroatoms. The molecule has 2 rings (SSSR count). The molecule has 0 N–H and O–H groups in total. The molecule has 0 aromatic carbocycles. The van der Waals surface area contributed by atoms with E-state index in [0.29, 0.717) is 17.6 Å². The molecule has 2 atom stereocenters. The summed E-state index contributed by atoms with van der Waals surface area (Å²) in [6.07, 6.45) is 7.92. The highest BCUT2D eigenvalue weighted by Gasteiger charge is 2.36. The van der Waals surface area contributed by atoms with Crippen LogP contribution in [0.15, 0.2) is 0 Å². The number of fused-ring (bicyclic) bond motifs is 2. The van der Waals surface area contributed by atoms with E-state index in [-0.39, 0.29) is 0 Å². The molecule has 0 aliphatic carbocycles. The molecule has 2 unspecified atom stereocenters. The Balaban J connectivity index is 1.88. The molecule has 1 nitrogen and oxygen atoms in total. The van der Waals surface area contributed by atoms with Crippen LogP contribution in [0.5, 0.6) is 0 Å². The van der Waals surface area contributed by atoms with E-state index in [4.69, 9.17) is 4.74 Å². The van der Waals surface area contributed by atoms with Crippen molar-refractivity contribution in [1.82, 2.24) is 0 Å². The van der Waals surface area contributed by atoms with E-state index in [1.165, 1.54) is 32.1 Å². The topological polar surface area (TPSA) is 9.23 Å². The van der Waals surface area contributed by atoms with E-state index in [1.807, 2.05) is 0 Å². The Morgan fingerprint density at radius 2 is 1.62 bits per heavy atom. The summed E-state index contributed by atoms with van der Waals surface area (Å²) in [5.74, 6) is 0.936. The highest BCUT2D eigenvalue weighted by Crippen LogP contribution is 2.40. The minimum Gasteiger partial charge on any atom is -0.375 e. The quantitative estimate of drug-likeness (QED) is 0.604. The molecule has 0 aromatic rings. The number of ether oxygens (including phenoxy) is 1. The average Bonchev–Trinajstić information content (AvgIpc) is 2.27. The zero-order valence-electron chi connectivity index (χ0n) is 9.18. The van der Waals surface area contributed by atoms with Crippen molar-refractivity contribution in [3.05, 3.63) is 0 Å².